The number of carboxylic acid groups (broad SMARTS) is 1. The maximum atomic E-state index is 13.4. The second-order valence-corrected chi connectivity index (χ2v) is 7.37. The van der Waals surface area contributed by atoms with Gasteiger partial charge in [0, 0.05) is 19.3 Å². The Morgan fingerprint density at radius 2 is 2.09 bits per heavy atom. The van der Waals surface area contributed by atoms with E-state index in [2.05, 4.69) is 4.72 Å². The molecular weight excluding hydrogens is 325 g/mol. The van der Waals surface area contributed by atoms with Crippen molar-refractivity contribution in [1.29, 1.82) is 0 Å². The average molecular weight is 345 g/mol. The molecule has 2 rings (SSSR count). The molecule has 0 amide bonds. The molecule has 128 valence electrons. The summed E-state index contributed by atoms with van der Waals surface area (Å²) in [6.45, 7) is 2.51. The van der Waals surface area contributed by atoms with E-state index in [1.807, 2.05) is 0 Å². The number of ether oxygens (including phenoxy) is 1. The van der Waals surface area contributed by atoms with Gasteiger partial charge < -0.3 is 9.84 Å². The molecule has 0 bridgehead atoms. The van der Waals surface area contributed by atoms with Gasteiger partial charge in [0.2, 0.25) is 10.0 Å². The van der Waals surface area contributed by atoms with Gasteiger partial charge in [-0.15, -0.1) is 0 Å². The molecule has 23 heavy (non-hydrogen) atoms. The van der Waals surface area contributed by atoms with Gasteiger partial charge in [-0.05, 0) is 43.4 Å². The van der Waals surface area contributed by atoms with Gasteiger partial charge in [0.1, 0.15) is 5.82 Å². The molecule has 6 nitrogen and oxygen atoms in total. The Bertz CT molecular complexity index is 670. The van der Waals surface area contributed by atoms with E-state index in [1.165, 1.54) is 12.1 Å². The molecule has 1 fully saturated rings. The van der Waals surface area contributed by atoms with Gasteiger partial charge in [0.05, 0.1) is 11.3 Å². The van der Waals surface area contributed by atoms with Crippen LogP contribution in [-0.2, 0) is 19.6 Å². The summed E-state index contributed by atoms with van der Waals surface area (Å²) in [5, 5.41) is 9.05. The number of rotatable bonds is 6. The predicted molar refractivity (Wildman–Crippen MR) is 81.0 cm³/mol. The predicted octanol–water partition coefficient (Wildman–Crippen LogP) is 1.68. The zero-order valence-corrected chi connectivity index (χ0v) is 13.6. The van der Waals surface area contributed by atoms with Gasteiger partial charge in [-0.2, -0.15) is 0 Å². The van der Waals surface area contributed by atoms with Crippen LogP contribution in [0.5, 0.6) is 0 Å². The summed E-state index contributed by atoms with van der Waals surface area (Å²) in [6.07, 6.45) is 0.851. The largest absolute Gasteiger partial charge is 0.481 e. The monoisotopic (exact) mass is 345 g/mol. The molecule has 1 saturated heterocycles. The van der Waals surface area contributed by atoms with Gasteiger partial charge >= 0.3 is 5.97 Å². The van der Waals surface area contributed by atoms with E-state index in [1.54, 1.807) is 6.92 Å². The molecular formula is C15H20FNO5S. The number of hydrogen-bond acceptors (Lipinski definition) is 4. The Morgan fingerprint density at radius 3 is 2.70 bits per heavy atom. The summed E-state index contributed by atoms with van der Waals surface area (Å²) < 4.78 is 46.1. The molecule has 1 aliphatic rings. The lowest BCUT2D eigenvalue weighted by Crippen LogP contribution is -2.43. The first-order chi connectivity index (χ1) is 10.8. The first-order valence-corrected chi connectivity index (χ1v) is 8.86. The molecule has 1 unspecified atom stereocenters. The lowest BCUT2D eigenvalue weighted by molar-refractivity contribution is -0.138. The summed E-state index contributed by atoms with van der Waals surface area (Å²) in [6, 6.07) is 2.76. The summed E-state index contributed by atoms with van der Waals surface area (Å²) in [4.78, 5) is 10.9. The minimum atomic E-state index is -4.00. The molecule has 0 saturated carbocycles. The topological polar surface area (TPSA) is 92.7 Å². The SMILES string of the molecule is Cc1ccc(F)cc1S(=O)(=O)NC(CC(=O)O)C1CCOCC1. The van der Waals surface area contributed by atoms with Crippen molar-refractivity contribution in [2.24, 2.45) is 5.92 Å². The highest BCUT2D eigenvalue weighted by Crippen LogP contribution is 2.24. The van der Waals surface area contributed by atoms with Crippen molar-refractivity contribution in [3.63, 3.8) is 0 Å². The van der Waals surface area contributed by atoms with Crippen LogP contribution >= 0.6 is 0 Å². The van der Waals surface area contributed by atoms with E-state index in [9.17, 15) is 17.6 Å². The minimum Gasteiger partial charge on any atom is -0.481 e. The Kier molecular flexibility index (Phi) is 5.72. The first kappa shape index (κ1) is 17.8. The van der Waals surface area contributed by atoms with Crippen molar-refractivity contribution in [3.05, 3.63) is 29.6 Å². The third kappa shape index (κ3) is 4.73. The van der Waals surface area contributed by atoms with Crippen LogP contribution in [0.2, 0.25) is 0 Å². The standard InChI is InChI=1S/C15H20FNO5S/c1-10-2-3-12(16)8-14(10)23(20,21)17-13(9-15(18)19)11-4-6-22-7-5-11/h2-3,8,11,13,17H,4-7,9H2,1H3,(H,18,19). The van der Waals surface area contributed by atoms with Crippen molar-refractivity contribution in [1.82, 2.24) is 4.72 Å². The number of benzene rings is 1. The molecule has 1 aromatic carbocycles. The highest BCUT2D eigenvalue weighted by molar-refractivity contribution is 7.89. The fraction of sp³-hybridized carbons (Fsp3) is 0.533. The van der Waals surface area contributed by atoms with Gasteiger partial charge in [-0.25, -0.2) is 17.5 Å². The molecule has 0 spiro atoms. The first-order valence-electron chi connectivity index (χ1n) is 7.37. The van der Waals surface area contributed by atoms with Crippen LogP contribution in [0, 0.1) is 18.7 Å². The third-order valence-electron chi connectivity index (χ3n) is 3.98. The van der Waals surface area contributed by atoms with Crippen LogP contribution in [0.25, 0.3) is 0 Å². The minimum absolute atomic E-state index is 0.122. The molecule has 0 aromatic heterocycles. The zero-order chi connectivity index (χ0) is 17.0. The zero-order valence-electron chi connectivity index (χ0n) is 12.8. The number of hydrogen-bond donors (Lipinski definition) is 2. The Balaban J connectivity index is 2.26. The molecule has 1 atom stereocenters. The van der Waals surface area contributed by atoms with E-state index in [-0.39, 0.29) is 17.2 Å². The summed E-state index contributed by atoms with van der Waals surface area (Å²) in [5.41, 5.74) is 0.403. The lowest BCUT2D eigenvalue weighted by Gasteiger charge is -2.30. The number of nitrogens with one attached hydrogen (secondary N) is 1. The van der Waals surface area contributed by atoms with Crippen LogP contribution in [0.4, 0.5) is 4.39 Å². The van der Waals surface area contributed by atoms with Crippen LogP contribution < -0.4 is 4.72 Å². The normalized spacial score (nSPS) is 17.8. The maximum absolute atomic E-state index is 13.4. The van der Waals surface area contributed by atoms with Crippen LogP contribution in [-0.4, -0.2) is 38.7 Å². The van der Waals surface area contributed by atoms with E-state index < -0.39 is 27.9 Å². The fourth-order valence-electron chi connectivity index (χ4n) is 2.74. The van der Waals surface area contributed by atoms with E-state index in [0.29, 0.717) is 31.6 Å². The van der Waals surface area contributed by atoms with Crippen molar-refractivity contribution in [2.45, 2.75) is 37.1 Å². The molecule has 8 heteroatoms. The van der Waals surface area contributed by atoms with Gasteiger partial charge in [-0.1, -0.05) is 6.07 Å². The van der Waals surface area contributed by atoms with E-state index in [0.717, 1.165) is 6.07 Å². The number of sulfonamides is 1. The second kappa shape index (κ2) is 7.37. The van der Waals surface area contributed by atoms with Crippen molar-refractivity contribution in [2.75, 3.05) is 13.2 Å². The van der Waals surface area contributed by atoms with Crippen LogP contribution in [0.15, 0.2) is 23.1 Å². The van der Waals surface area contributed by atoms with Gasteiger partial charge in [0.15, 0.2) is 0 Å². The second-order valence-electron chi connectivity index (χ2n) is 5.69. The third-order valence-corrected chi connectivity index (χ3v) is 5.61. The summed E-state index contributed by atoms with van der Waals surface area (Å²) >= 11 is 0. The van der Waals surface area contributed by atoms with E-state index >= 15 is 0 Å². The smallest absolute Gasteiger partial charge is 0.304 e. The van der Waals surface area contributed by atoms with Gasteiger partial charge in [0.25, 0.3) is 0 Å². The number of carbonyl (C=O) groups is 1. The Labute approximate surface area is 134 Å². The van der Waals surface area contributed by atoms with Crippen LogP contribution in [0.3, 0.4) is 0 Å². The number of halogens is 1. The summed E-state index contributed by atoms with van der Waals surface area (Å²) in [5.74, 6) is -1.86. The van der Waals surface area contributed by atoms with Crippen molar-refractivity contribution < 1.29 is 27.4 Å². The maximum Gasteiger partial charge on any atom is 0.304 e. The number of carboxylic acids is 1. The summed E-state index contributed by atoms with van der Waals surface area (Å²) in [7, 11) is -4.00. The number of aliphatic carboxylic acids is 1. The molecule has 1 aliphatic heterocycles. The molecule has 1 aromatic rings. The average Bonchev–Trinajstić information content (AvgIpc) is 2.49. The Morgan fingerprint density at radius 1 is 1.43 bits per heavy atom. The quantitative estimate of drug-likeness (QED) is 0.818. The highest BCUT2D eigenvalue weighted by atomic mass is 32.2. The molecule has 1 heterocycles. The Hall–Kier alpha value is -1.51. The molecule has 0 aliphatic carbocycles. The van der Waals surface area contributed by atoms with E-state index in [4.69, 9.17) is 9.84 Å². The number of aryl methyl sites for hydroxylation is 1. The van der Waals surface area contributed by atoms with Gasteiger partial charge in [-0.3, -0.25) is 4.79 Å². The van der Waals surface area contributed by atoms with Crippen LogP contribution in [0.1, 0.15) is 24.8 Å². The molecule has 2 N–H and O–H groups in total. The van der Waals surface area contributed by atoms with Crippen molar-refractivity contribution >= 4 is 16.0 Å². The highest BCUT2D eigenvalue weighted by Gasteiger charge is 2.31. The molecule has 0 radical (unpaired) electrons. The lowest BCUT2D eigenvalue weighted by atomic mass is 9.90. The van der Waals surface area contributed by atoms with Crippen molar-refractivity contribution in [3.8, 4) is 0 Å². The fourth-order valence-corrected chi connectivity index (χ4v) is 4.30.